The van der Waals surface area contributed by atoms with Crippen LogP contribution in [0.25, 0.3) is 5.57 Å². The molecule has 1 heteroatoms. The fourth-order valence-corrected chi connectivity index (χ4v) is 1.92. The lowest BCUT2D eigenvalue weighted by Gasteiger charge is -1.98. The molecule has 1 aliphatic rings. The predicted octanol–water partition coefficient (Wildman–Crippen LogP) is 3.32. The van der Waals surface area contributed by atoms with E-state index in [4.69, 9.17) is 0 Å². The summed E-state index contributed by atoms with van der Waals surface area (Å²) in [6.07, 6.45) is 5.92. The van der Waals surface area contributed by atoms with Crippen LogP contribution in [-0.4, -0.2) is 0 Å². The Morgan fingerprint density at radius 3 is 2.83 bits per heavy atom. The Morgan fingerprint density at radius 2 is 2.25 bits per heavy atom. The molecule has 1 aromatic heterocycles. The van der Waals surface area contributed by atoms with Gasteiger partial charge in [-0.3, -0.25) is 0 Å². The number of thiophene rings is 1. The summed E-state index contributed by atoms with van der Waals surface area (Å²) in [6.45, 7) is 2.14. The van der Waals surface area contributed by atoms with Crippen LogP contribution in [0.4, 0.5) is 0 Å². The zero-order valence-electron chi connectivity index (χ0n) is 6.79. The summed E-state index contributed by atoms with van der Waals surface area (Å²) in [7, 11) is 0. The van der Waals surface area contributed by atoms with E-state index in [0.717, 1.165) is 0 Å². The van der Waals surface area contributed by atoms with Crippen molar-refractivity contribution in [1.29, 1.82) is 0 Å². The Morgan fingerprint density at radius 1 is 1.33 bits per heavy atom. The van der Waals surface area contributed by atoms with Gasteiger partial charge in [0.2, 0.25) is 0 Å². The van der Waals surface area contributed by atoms with Gasteiger partial charge in [0, 0.05) is 4.88 Å². The number of allylic oxidation sites excluding steroid dienone is 4. The first-order chi connectivity index (χ1) is 5.88. The Hall–Kier alpha value is -1.26. The number of rotatable bonds is 1. The van der Waals surface area contributed by atoms with Gasteiger partial charge in [0.15, 0.2) is 0 Å². The lowest BCUT2D eigenvalue weighted by Crippen LogP contribution is -1.79. The molecule has 0 saturated carbocycles. The highest BCUT2D eigenvalue weighted by Crippen LogP contribution is 2.24. The maximum atomic E-state index is 2.96. The minimum absolute atomic E-state index is 1.23. The van der Waals surface area contributed by atoms with Crippen molar-refractivity contribution in [3.63, 3.8) is 0 Å². The first kappa shape index (κ1) is 7.39. The minimum atomic E-state index is 1.23. The van der Waals surface area contributed by atoms with Crippen LogP contribution >= 0.6 is 11.3 Å². The molecule has 0 N–H and O–H groups in total. The molecule has 0 bridgehead atoms. The van der Waals surface area contributed by atoms with Gasteiger partial charge in [0.05, 0.1) is 0 Å². The van der Waals surface area contributed by atoms with E-state index in [1.807, 2.05) is 12.2 Å². The van der Waals surface area contributed by atoms with Crippen LogP contribution in [0.15, 0.2) is 41.1 Å². The van der Waals surface area contributed by atoms with Crippen molar-refractivity contribution >= 4 is 16.9 Å². The highest BCUT2D eigenvalue weighted by Gasteiger charge is 2.02. The highest BCUT2D eigenvalue weighted by molar-refractivity contribution is 7.10. The second-order valence-electron chi connectivity index (χ2n) is 2.61. The summed E-state index contributed by atoms with van der Waals surface area (Å²) in [4.78, 5) is 1.36. The van der Waals surface area contributed by atoms with Crippen molar-refractivity contribution in [2.24, 2.45) is 0 Å². The molecule has 1 aliphatic carbocycles. The van der Waals surface area contributed by atoms with Gasteiger partial charge in [0.1, 0.15) is 0 Å². The molecule has 58 valence electrons. The van der Waals surface area contributed by atoms with Crippen LogP contribution in [0, 0.1) is 6.92 Å². The van der Waals surface area contributed by atoms with E-state index in [-0.39, 0.29) is 0 Å². The summed E-state index contributed by atoms with van der Waals surface area (Å²) in [6, 6.07) is 2.14. The second-order valence-corrected chi connectivity index (χ2v) is 3.73. The third-order valence-electron chi connectivity index (χ3n) is 1.83. The maximum absolute atomic E-state index is 2.96. The third-order valence-corrected chi connectivity index (χ3v) is 2.67. The van der Waals surface area contributed by atoms with Crippen LogP contribution < -0.4 is 0 Å². The van der Waals surface area contributed by atoms with Crippen molar-refractivity contribution in [2.75, 3.05) is 0 Å². The average Bonchev–Trinajstić information content (AvgIpc) is 2.53. The summed E-state index contributed by atoms with van der Waals surface area (Å²) in [5, 5.41) is 2.11. The fourth-order valence-electron chi connectivity index (χ4n) is 1.20. The van der Waals surface area contributed by atoms with Crippen LogP contribution in [0.2, 0.25) is 0 Å². The van der Waals surface area contributed by atoms with Gasteiger partial charge in [-0.15, -0.1) is 11.3 Å². The predicted molar refractivity (Wildman–Crippen MR) is 53.2 cm³/mol. The molecule has 12 heavy (non-hydrogen) atoms. The van der Waals surface area contributed by atoms with Gasteiger partial charge >= 0.3 is 0 Å². The summed E-state index contributed by atoms with van der Waals surface area (Å²) in [5.41, 5.74) is 8.39. The van der Waals surface area contributed by atoms with E-state index < -0.39 is 0 Å². The van der Waals surface area contributed by atoms with E-state index in [1.54, 1.807) is 11.3 Å². The van der Waals surface area contributed by atoms with Gasteiger partial charge in [-0.1, -0.05) is 11.5 Å². The molecule has 0 atom stereocenters. The molecule has 0 amide bonds. The van der Waals surface area contributed by atoms with Gasteiger partial charge in [-0.25, -0.2) is 0 Å². The number of hydrogen-bond acceptors (Lipinski definition) is 1. The van der Waals surface area contributed by atoms with Crippen LogP contribution in [0.5, 0.6) is 0 Å². The Bertz CT molecular complexity index is 420. The second kappa shape index (κ2) is 3.00. The van der Waals surface area contributed by atoms with Crippen molar-refractivity contribution in [3.8, 4) is 0 Å². The topological polar surface area (TPSA) is 0 Å². The molecule has 0 aromatic carbocycles. The normalized spacial score (nSPS) is 13.6. The van der Waals surface area contributed by atoms with Crippen LogP contribution in [0.1, 0.15) is 10.4 Å². The zero-order valence-corrected chi connectivity index (χ0v) is 7.61. The lowest BCUT2D eigenvalue weighted by molar-refractivity contribution is 1.57. The van der Waals surface area contributed by atoms with Crippen molar-refractivity contribution in [2.45, 2.75) is 6.92 Å². The molecular weight excluding hydrogens is 164 g/mol. The average molecular weight is 172 g/mol. The quantitative estimate of drug-likeness (QED) is 0.570. The molecule has 0 fully saturated rings. The Kier molecular flexibility index (Phi) is 1.85. The molecule has 0 unspecified atom stereocenters. The summed E-state index contributed by atoms with van der Waals surface area (Å²) in [5.74, 6) is 0. The lowest BCUT2D eigenvalue weighted by atomic mass is 10.1. The van der Waals surface area contributed by atoms with E-state index in [2.05, 4.69) is 35.9 Å². The third kappa shape index (κ3) is 1.22. The first-order valence-electron chi connectivity index (χ1n) is 3.80. The molecule has 2 rings (SSSR count). The summed E-state index contributed by atoms with van der Waals surface area (Å²) >= 11 is 1.78. The highest BCUT2D eigenvalue weighted by atomic mass is 32.1. The fraction of sp³-hybridized carbons (Fsp3) is 0.0909. The van der Waals surface area contributed by atoms with E-state index in [0.29, 0.717) is 0 Å². The number of hydrogen-bond donors (Lipinski definition) is 0. The molecule has 0 spiro atoms. The standard InChI is InChI=1S/C11H8S/c1-9-11(7-8-12-9)10-5-3-2-4-6-10/h3,5-8H,1H3. The van der Waals surface area contributed by atoms with Gasteiger partial charge in [-0.2, -0.15) is 0 Å². The van der Waals surface area contributed by atoms with Crippen molar-refractivity contribution in [3.05, 3.63) is 51.6 Å². The molecule has 0 aliphatic heterocycles. The first-order valence-corrected chi connectivity index (χ1v) is 4.68. The molecule has 0 nitrogen and oxygen atoms in total. The van der Waals surface area contributed by atoms with Gasteiger partial charge in [0.25, 0.3) is 0 Å². The SMILES string of the molecule is Cc1sccc1C1=CC=C=C=C1. The molecule has 1 aromatic rings. The maximum Gasteiger partial charge on any atom is 0.00927 e. The Balaban J connectivity index is 2.46. The van der Waals surface area contributed by atoms with E-state index >= 15 is 0 Å². The van der Waals surface area contributed by atoms with Gasteiger partial charge < -0.3 is 0 Å². The molecule has 0 radical (unpaired) electrons. The smallest absolute Gasteiger partial charge is 0.00927 e. The van der Waals surface area contributed by atoms with Crippen molar-refractivity contribution in [1.82, 2.24) is 0 Å². The molecular formula is C11H8S. The van der Waals surface area contributed by atoms with E-state index in [9.17, 15) is 0 Å². The molecule has 0 saturated heterocycles. The minimum Gasteiger partial charge on any atom is -0.149 e. The van der Waals surface area contributed by atoms with Crippen LogP contribution in [-0.2, 0) is 0 Å². The number of aryl methyl sites for hydroxylation is 1. The monoisotopic (exact) mass is 172 g/mol. The molecule has 1 heterocycles. The summed E-state index contributed by atoms with van der Waals surface area (Å²) < 4.78 is 0. The Labute approximate surface area is 75.9 Å². The van der Waals surface area contributed by atoms with E-state index in [1.165, 1.54) is 16.0 Å². The van der Waals surface area contributed by atoms with Gasteiger partial charge in [-0.05, 0) is 47.7 Å². The van der Waals surface area contributed by atoms with Crippen molar-refractivity contribution < 1.29 is 0 Å². The largest absolute Gasteiger partial charge is 0.149 e. The zero-order chi connectivity index (χ0) is 8.39. The van der Waals surface area contributed by atoms with Crippen LogP contribution in [0.3, 0.4) is 0 Å².